The molecule has 0 amide bonds. The lowest BCUT2D eigenvalue weighted by molar-refractivity contribution is 0.285. The summed E-state index contributed by atoms with van der Waals surface area (Å²) in [7, 11) is -3.28. The van der Waals surface area contributed by atoms with Gasteiger partial charge in [0.15, 0.2) is 0 Å². The molecule has 0 atom stereocenters. The first-order chi connectivity index (χ1) is 8.56. The monoisotopic (exact) mass is 296 g/mol. The first-order valence-corrected chi connectivity index (χ1v) is 9.09. The number of hydrogen-bond acceptors (Lipinski definition) is 4. The summed E-state index contributed by atoms with van der Waals surface area (Å²) < 4.78 is 28.1. The number of aliphatic hydroxyl groups is 1. The van der Waals surface area contributed by atoms with Crippen molar-refractivity contribution in [2.24, 2.45) is 5.92 Å². The molecular weight excluding hydrogens is 272 g/mol. The SMILES string of the molecule is CC1CCN(S(=O)(=O)NCCSCCCO)CC1. The highest BCUT2D eigenvalue weighted by Gasteiger charge is 2.25. The van der Waals surface area contributed by atoms with E-state index in [9.17, 15) is 8.42 Å². The summed E-state index contributed by atoms with van der Waals surface area (Å²) in [6.07, 6.45) is 2.67. The number of nitrogens with zero attached hydrogens (tertiary/aromatic N) is 1. The molecule has 0 bridgehead atoms. The van der Waals surface area contributed by atoms with Gasteiger partial charge in [0.25, 0.3) is 10.2 Å². The third kappa shape index (κ3) is 5.88. The molecule has 1 rings (SSSR count). The molecule has 0 aliphatic carbocycles. The molecule has 1 aliphatic rings. The lowest BCUT2D eigenvalue weighted by atomic mass is 10.0. The summed E-state index contributed by atoms with van der Waals surface area (Å²) in [4.78, 5) is 0. The molecular formula is C11H24N2O3S2. The Balaban J connectivity index is 2.19. The first-order valence-electron chi connectivity index (χ1n) is 6.49. The van der Waals surface area contributed by atoms with Gasteiger partial charge in [-0.25, -0.2) is 4.72 Å². The Kier molecular flexibility index (Phi) is 7.55. The van der Waals surface area contributed by atoms with Crippen LogP contribution in [0.25, 0.3) is 0 Å². The molecule has 7 heteroatoms. The second-order valence-electron chi connectivity index (χ2n) is 4.67. The molecule has 108 valence electrons. The number of hydrogen-bond donors (Lipinski definition) is 2. The minimum atomic E-state index is -3.28. The number of rotatable bonds is 8. The number of piperidine rings is 1. The van der Waals surface area contributed by atoms with Gasteiger partial charge in [0.1, 0.15) is 0 Å². The van der Waals surface area contributed by atoms with Crippen molar-refractivity contribution in [2.75, 3.05) is 37.7 Å². The van der Waals surface area contributed by atoms with Gasteiger partial charge in [0.05, 0.1) is 0 Å². The van der Waals surface area contributed by atoms with Crippen LogP contribution in [-0.4, -0.2) is 55.6 Å². The third-order valence-electron chi connectivity index (χ3n) is 3.06. The normalized spacial score (nSPS) is 19.2. The molecule has 2 N–H and O–H groups in total. The predicted octanol–water partition coefficient (Wildman–Crippen LogP) is 0.668. The number of aliphatic hydroxyl groups excluding tert-OH is 1. The zero-order chi connectivity index (χ0) is 13.4. The van der Waals surface area contributed by atoms with Gasteiger partial charge in [-0.3, -0.25) is 0 Å². The quantitative estimate of drug-likeness (QED) is 0.646. The largest absolute Gasteiger partial charge is 0.396 e. The van der Waals surface area contributed by atoms with Gasteiger partial charge in [0, 0.05) is 32.0 Å². The fraction of sp³-hybridized carbons (Fsp3) is 1.00. The molecule has 0 aromatic heterocycles. The summed E-state index contributed by atoms with van der Waals surface area (Å²) >= 11 is 1.66. The van der Waals surface area contributed by atoms with Crippen molar-refractivity contribution < 1.29 is 13.5 Å². The molecule has 0 aromatic carbocycles. The van der Waals surface area contributed by atoms with E-state index in [0.29, 0.717) is 25.6 Å². The summed E-state index contributed by atoms with van der Waals surface area (Å²) in [5.41, 5.74) is 0. The van der Waals surface area contributed by atoms with E-state index in [1.165, 1.54) is 0 Å². The van der Waals surface area contributed by atoms with Gasteiger partial charge >= 0.3 is 0 Å². The molecule has 1 aliphatic heterocycles. The molecule has 0 spiro atoms. The maximum atomic E-state index is 11.9. The van der Waals surface area contributed by atoms with Gasteiger partial charge in [0.2, 0.25) is 0 Å². The minimum absolute atomic E-state index is 0.199. The third-order valence-corrected chi connectivity index (χ3v) is 5.74. The highest BCUT2D eigenvalue weighted by Crippen LogP contribution is 2.17. The second-order valence-corrected chi connectivity index (χ2v) is 7.65. The molecule has 0 saturated carbocycles. The summed E-state index contributed by atoms with van der Waals surface area (Å²) in [6, 6.07) is 0. The van der Waals surface area contributed by atoms with Crippen LogP contribution in [0, 0.1) is 5.92 Å². The Morgan fingerprint density at radius 2 is 2.00 bits per heavy atom. The van der Waals surface area contributed by atoms with Crippen LogP contribution in [-0.2, 0) is 10.2 Å². The fourth-order valence-electron chi connectivity index (χ4n) is 1.83. The molecule has 1 heterocycles. The van der Waals surface area contributed by atoms with E-state index in [4.69, 9.17) is 5.11 Å². The smallest absolute Gasteiger partial charge is 0.279 e. The summed E-state index contributed by atoms with van der Waals surface area (Å²) in [5.74, 6) is 2.26. The standard InChI is InChI=1S/C11H24N2O3S2/c1-11-3-6-13(7-4-11)18(15,16)12-5-10-17-9-2-8-14/h11-12,14H,2-10H2,1H3. The zero-order valence-electron chi connectivity index (χ0n) is 11.0. The van der Waals surface area contributed by atoms with Gasteiger partial charge in [-0.2, -0.15) is 24.5 Å². The van der Waals surface area contributed by atoms with E-state index in [1.807, 2.05) is 0 Å². The maximum Gasteiger partial charge on any atom is 0.279 e. The van der Waals surface area contributed by atoms with Crippen molar-refractivity contribution in [3.63, 3.8) is 0 Å². The van der Waals surface area contributed by atoms with Gasteiger partial charge in [-0.1, -0.05) is 6.92 Å². The van der Waals surface area contributed by atoms with Gasteiger partial charge < -0.3 is 5.11 Å². The molecule has 18 heavy (non-hydrogen) atoms. The number of nitrogens with one attached hydrogen (secondary N) is 1. The van der Waals surface area contributed by atoms with Crippen LogP contribution in [0.3, 0.4) is 0 Å². The van der Waals surface area contributed by atoms with Crippen molar-refractivity contribution in [1.29, 1.82) is 0 Å². The van der Waals surface area contributed by atoms with E-state index >= 15 is 0 Å². The molecule has 0 unspecified atom stereocenters. The van der Waals surface area contributed by atoms with Crippen LogP contribution in [0.5, 0.6) is 0 Å². The van der Waals surface area contributed by atoms with Crippen molar-refractivity contribution in [3.05, 3.63) is 0 Å². The Bertz CT molecular complexity index is 314. The Labute approximate surface area is 115 Å². The maximum absolute atomic E-state index is 11.9. The van der Waals surface area contributed by atoms with Gasteiger partial charge in [-0.15, -0.1) is 0 Å². The minimum Gasteiger partial charge on any atom is -0.396 e. The molecule has 1 saturated heterocycles. The van der Waals surface area contributed by atoms with E-state index in [-0.39, 0.29) is 6.61 Å². The van der Waals surface area contributed by atoms with E-state index < -0.39 is 10.2 Å². The lowest BCUT2D eigenvalue weighted by Gasteiger charge is -2.29. The summed E-state index contributed by atoms with van der Waals surface area (Å²) in [5, 5.41) is 8.61. The lowest BCUT2D eigenvalue weighted by Crippen LogP contribution is -2.45. The Hall–Kier alpha value is 0.180. The average molecular weight is 296 g/mol. The fourth-order valence-corrected chi connectivity index (χ4v) is 3.98. The molecule has 1 fully saturated rings. The van der Waals surface area contributed by atoms with Crippen LogP contribution in [0.15, 0.2) is 0 Å². The van der Waals surface area contributed by atoms with Crippen molar-refractivity contribution in [1.82, 2.24) is 9.03 Å². The van der Waals surface area contributed by atoms with Crippen molar-refractivity contribution >= 4 is 22.0 Å². The van der Waals surface area contributed by atoms with Crippen LogP contribution in [0.2, 0.25) is 0 Å². The van der Waals surface area contributed by atoms with Crippen LogP contribution >= 0.6 is 11.8 Å². The highest BCUT2D eigenvalue weighted by molar-refractivity contribution is 7.99. The Morgan fingerprint density at radius 3 is 2.61 bits per heavy atom. The van der Waals surface area contributed by atoms with Crippen LogP contribution in [0.4, 0.5) is 0 Å². The second kappa shape index (κ2) is 8.37. The predicted molar refractivity (Wildman–Crippen MR) is 75.9 cm³/mol. The van der Waals surface area contributed by atoms with E-state index in [2.05, 4.69) is 11.6 Å². The molecule has 0 radical (unpaired) electrons. The van der Waals surface area contributed by atoms with Crippen LogP contribution in [0.1, 0.15) is 26.2 Å². The first kappa shape index (κ1) is 16.2. The van der Waals surface area contributed by atoms with Crippen LogP contribution < -0.4 is 4.72 Å². The topological polar surface area (TPSA) is 69.6 Å². The molecule has 0 aromatic rings. The zero-order valence-corrected chi connectivity index (χ0v) is 12.6. The Morgan fingerprint density at radius 1 is 1.33 bits per heavy atom. The highest BCUT2D eigenvalue weighted by atomic mass is 32.2. The summed E-state index contributed by atoms with van der Waals surface area (Å²) in [6.45, 7) is 4.09. The number of thioether (sulfide) groups is 1. The van der Waals surface area contributed by atoms with Gasteiger partial charge in [-0.05, 0) is 30.9 Å². The van der Waals surface area contributed by atoms with E-state index in [0.717, 1.165) is 30.8 Å². The van der Waals surface area contributed by atoms with Crippen molar-refractivity contribution in [2.45, 2.75) is 26.2 Å². The van der Waals surface area contributed by atoms with Crippen molar-refractivity contribution in [3.8, 4) is 0 Å². The van der Waals surface area contributed by atoms with E-state index in [1.54, 1.807) is 16.1 Å². The average Bonchev–Trinajstić information content (AvgIpc) is 2.34. The molecule has 5 nitrogen and oxygen atoms in total.